The minimum absolute atomic E-state index is 0.139. The second-order valence-corrected chi connectivity index (χ2v) is 2.90. The molecule has 1 atom stereocenters. The highest BCUT2D eigenvalue weighted by Crippen LogP contribution is 2.07. The molecular formula is C5H9BrO2. The number of carboxylic acids is 1. The van der Waals surface area contributed by atoms with Gasteiger partial charge >= 0.3 is 5.97 Å². The molecule has 0 aliphatic heterocycles. The molecule has 0 radical (unpaired) electrons. The summed E-state index contributed by atoms with van der Waals surface area (Å²) < 4.78 is 0. The van der Waals surface area contributed by atoms with E-state index in [-0.39, 0.29) is 11.2 Å². The smallest absolute Gasteiger partial charge is 0.304 e. The fourth-order valence-corrected chi connectivity index (χ4v) is 0.611. The van der Waals surface area contributed by atoms with Gasteiger partial charge in [0.15, 0.2) is 0 Å². The number of rotatable bonds is 3. The summed E-state index contributed by atoms with van der Waals surface area (Å²) in [5.41, 5.74) is 0. The van der Waals surface area contributed by atoms with Gasteiger partial charge in [-0.2, -0.15) is 0 Å². The molecule has 8 heavy (non-hydrogen) atoms. The maximum atomic E-state index is 9.94. The van der Waals surface area contributed by atoms with Crippen LogP contribution in [0.5, 0.6) is 0 Å². The zero-order valence-corrected chi connectivity index (χ0v) is 6.31. The number of hydrogen-bond acceptors (Lipinski definition) is 1. The van der Waals surface area contributed by atoms with Gasteiger partial charge in [-0.3, -0.25) is 4.79 Å². The first-order valence-electron chi connectivity index (χ1n) is 2.52. The van der Waals surface area contributed by atoms with Crippen molar-refractivity contribution in [2.75, 3.05) is 0 Å². The van der Waals surface area contributed by atoms with Crippen LogP contribution in [0.25, 0.3) is 0 Å². The van der Waals surface area contributed by atoms with Crippen molar-refractivity contribution in [2.45, 2.75) is 24.6 Å². The lowest BCUT2D eigenvalue weighted by atomic mass is 10.2. The molecule has 0 aromatic rings. The fraction of sp³-hybridized carbons (Fsp3) is 0.800. The van der Waals surface area contributed by atoms with E-state index in [1.807, 2.05) is 6.92 Å². The Hall–Kier alpha value is -0.0500. The topological polar surface area (TPSA) is 37.3 Å². The Kier molecular flexibility index (Phi) is 3.87. The Labute approximate surface area is 57.0 Å². The summed E-state index contributed by atoms with van der Waals surface area (Å²) >= 11 is 3.20. The molecule has 0 bridgehead atoms. The molecule has 1 N–H and O–H groups in total. The maximum Gasteiger partial charge on any atom is 0.304 e. The fourth-order valence-electron chi connectivity index (χ4n) is 0.334. The van der Waals surface area contributed by atoms with E-state index in [1.54, 1.807) is 0 Å². The molecule has 2 nitrogen and oxygen atoms in total. The van der Waals surface area contributed by atoms with Gasteiger partial charge in [-0.05, 0) is 6.42 Å². The average molecular weight is 181 g/mol. The number of aliphatic carboxylic acids is 1. The van der Waals surface area contributed by atoms with Crippen molar-refractivity contribution < 1.29 is 9.90 Å². The minimum atomic E-state index is -0.742. The van der Waals surface area contributed by atoms with E-state index in [4.69, 9.17) is 5.11 Å². The summed E-state index contributed by atoms with van der Waals surface area (Å²) in [6.45, 7) is 1.95. The van der Waals surface area contributed by atoms with Crippen molar-refractivity contribution in [3.63, 3.8) is 0 Å². The molecule has 3 heteroatoms. The standard InChI is InChI=1S/C5H9BrO2/c1-2-4(6)3-5(7)8/h4H,2-3H2,1H3,(H,7,8)/t4-/m0/s1. The molecule has 0 unspecified atom stereocenters. The van der Waals surface area contributed by atoms with Gasteiger partial charge in [-0.1, -0.05) is 22.9 Å². The minimum Gasteiger partial charge on any atom is -0.481 e. The summed E-state index contributed by atoms with van der Waals surface area (Å²) in [4.78, 5) is 10.1. The third kappa shape index (κ3) is 4.12. The number of halogens is 1. The molecule has 0 heterocycles. The van der Waals surface area contributed by atoms with Crippen LogP contribution < -0.4 is 0 Å². The highest BCUT2D eigenvalue weighted by Gasteiger charge is 2.04. The van der Waals surface area contributed by atoms with Crippen LogP contribution in [0, 0.1) is 0 Å². The van der Waals surface area contributed by atoms with Crippen LogP contribution in [0.3, 0.4) is 0 Å². The van der Waals surface area contributed by atoms with Crippen LogP contribution in [0.2, 0.25) is 0 Å². The lowest BCUT2D eigenvalue weighted by Gasteiger charge is -1.98. The normalized spacial score (nSPS) is 13.2. The quantitative estimate of drug-likeness (QED) is 0.672. The van der Waals surface area contributed by atoms with Crippen molar-refractivity contribution in [1.29, 1.82) is 0 Å². The molecule has 0 aliphatic carbocycles. The van der Waals surface area contributed by atoms with Crippen LogP contribution in [0.1, 0.15) is 19.8 Å². The lowest BCUT2D eigenvalue weighted by Crippen LogP contribution is -2.04. The van der Waals surface area contributed by atoms with Crippen molar-refractivity contribution in [3.8, 4) is 0 Å². The van der Waals surface area contributed by atoms with Gasteiger partial charge in [0.2, 0.25) is 0 Å². The van der Waals surface area contributed by atoms with Gasteiger partial charge in [0.25, 0.3) is 0 Å². The summed E-state index contributed by atoms with van der Waals surface area (Å²) in [6, 6.07) is 0. The predicted octanol–water partition coefficient (Wildman–Crippen LogP) is 1.63. The number of hydrogen-bond donors (Lipinski definition) is 1. The monoisotopic (exact) mass is 180 g/mol. The molecule has 0 saturated carbocycles. The SMILES string of the molecule is CC[C@H](Br)CC(=O)O. The lowest BCUT2D eigenvalue weighted by molar-refractivity contribution is -0.136. The van der Waals surface area contributed by atoms with Crippen LogP contribution in [-0.2, 0) is 4.79 Å². The van der Waals surface area contributed by atoms with Gasteiger partial charge < -0.3 is 5.11 Å². The predicted molar refractivity (Wildman–Crippen MR) is 35.3 cm³/mol. The Morgan fingerprint density at radius 2 is 2.38 bits per heavy atom. The van der Waals surface area contributed by atoms with E-state index in [0.29, 0.717) is 0 Å². The molecule has 0 spiro atoms. The molecule has 0 aromatic carbocycles. The molecule has 0 saturated heterocycles. The maximum absolute atomic E-state index is 9.94. The van der Waals surface area contributed by atoms with E-state index in [9.17, 15) is 4.79 Å². The molecule has 0 fully saturated rings. The van der Waals surface area contributed by atoms with E-state index < -0.39 is 5.97 Å². The molecule has 0 aromatic heterocycles. The Morgan fingerprint density at radius 1 is 1.88 bits per heavy atom. The van der Waals surface area contributed by atoms with Gasteiger partial charge in [0.1, 0.15) is 0 Å². The van der Waals surface area contributed by atoms with Crippen molar-refractivity contribution in [1.82, 2.24) is 0 Å². The van der Waals surface area contributed by atoms with Crippen molar-refractivity contribution in [2.24, 2.45) is 0 Å². The van der Waals surface area contributed by atoms with Gasteiger partial charge in [0.05, 0.1) is 6.42 Å². The first-order chi connectivity index (χ1) is 3.66. The second kappa shape index (κ2) is 3.89. The number of alkyl halides is 1. The number of carboxylic acid groups (broad SMARTS) is 1. The summed E-state index contributed by atoms with van der Waals surface area (Å²) in [6.07, 6.45) is 1.09. The third-order valence-corrected chi connectivity index (χ3v) is 1.81. The Balaban J connectivity index is 3.24. The first kappa shape index (κ1) is 7.95. The van der Waals surface area contributed by atoms with Crippen LogP contribution in [0.4, 0.5) is 0 Å². The number of carbonyl (C=O) groups is 1. The van der Waals surface area contributed by atoms with Crippen molar-refractivity contribution in [3.05, 3.63) is 0 Å². The first-order valence-corrected chi connectivity index (χ1v) is 3.44. The molecule has 0 amide bonds. The van der Waals surface area contributed by atoms with Crippen molar-refractivity contribution >= 4 is 21.9 Å². The van der Waals surface area contributed by atoms with Crippen LogP contribution >= 0.6 is 15.9 Å². The molecule has 0 rings (SSSR count). The Morgan fingerprint density at radius 3 is 2.50 bits per heavy atom. The van der Waals surface area contributed by atoms with E-state index in [2.05, 4.69) is 15.9 Å². The molecule has 48 valence electrons. The highest BCUT2D eigenvalue weighted by molar-refractivity contribution is 9.09. The highest BCUT2D eigenvalue weighted by atomic mass is 79.9. The summed E-state index contributed by atoms with van der Waals surface area (Å²) in [7, 11) is 0. The van der Waals surface area contributed by atoms with Crippen LogP contribution in [-0.4, -0.2) is 15.9 Å². The zero-order chi connectivity index (χ0) is 6.57. The second-order valence-electron chi connectivity index (χ2n) is 1.60. The van der Waals surface area contributed by atoms with Gasteiger partial charge in [0, 0.05) is 4.83 Å². The summed E-state index contributed by atoms with van der Waals surface area (Å²) in [5.74, 6) is -0.742. The van der Waals surface area contributed by atoms with E-state index in [1.165, 1.54) is 0 Å². The third-order valence-electron chi connectivity index (χ3n) is 0.839. The zero-order valence-electron chi connectivity index (χ0n) is 4.72. The van der Waals surface area contributed by atoms with Gasteiger partial charge in [-0.25, -0.2) is 0 Å². The largest absolute Gasteiger partial charge is 0.481 e. The van der Waals surface area contributed by atoms with Gasteiger partial charge in [-0.15, -0.1) is 0 Å². The van der Waals surface area contributed by atoms with Crippen LogP contribution in [0.15, 0.2) is 0 Å². The average Bonchev–Trinajstić information content (AvgIpc) is 1.65. The van der Waals surface area contributed by atoms with E-state index in [0.717, 1.165) is 6.42 Å². The molecular weight excluding hydrogens is 172 g/mol. The molecule has 0 aliphatic rings. The van der Waals surface area contributed by atoms with E-state index >= 15 is 0 Å². The summed E-state index contributed by atoms with van der Waals surface area (Å²) in [5, 5.41) is 8.18. The Bertz CT molecular complexity index is 82.5.